The fourth-order valence-electron chi connectivity index (χ4n) is 0. The predicted octanol–water partition coefficient (Wildman–Crippen LogP) is -8.73. The molecule has 0 rings (SSSR count). The van der Waals surface area contributed by atoms with E-state index in [1.165, 1.54) is 0 Å². The maximum atomic E-state index is 8.85. The average molecular weight is 992 g/mol. The zero-order chi connectivity index (χ0) is 24.2. The van der Waals surface area contributed by atoms with Gasteiger partial charge in [-0.25, -0.2) is 0 Å². The van der Waals surface area contributed by atoms with E-state index < -0.39 is 96.4 Å². The molecule has 6 N–H and O–H groups in total. The Kier molecular flexibility index (Phi) is 45.9. The first-order valence-corrected chi connectivity index (χ1v) is 19.2. The molecule has 0 saturated heterocycles. The van der Waals surface area contributed by atoms with Gasteiger partial charge in [-0.15, -0.1) is 0 Å². The van der Waals surface area contributed by atoms with Gasteiger partial charge in [0.15, 0.2) is 0 Å². The number of hydrogen-bond acceptors (Lipinski definition) is 15. The van der Waals surface area contributed by atoms with Crippen LogP contribution in [0.25, 0.3) is 0 Å². The molecule has 2 radical (unpaired) electrons. The van der Waals surface area contributed by atoms with Crippen molar-refractivity contribution in [1.29, 1.82) is 0 Å². The normalized spacial score (nSPS) is 8.89. The Morgan fingerprint density at radius 3 is 0.429 bits per heavy atom. The Morgan fingerprint density at radius 2 is 0.429 bits per heavy atom. The SMILES string of the molecule is [Bi+3].[O]=[Mo](=[O])([OH])[OH].[O]=[Mo](=[O])([OH])[OH].[O]=[Mo](=[O])([OH])[OH].[O]=[V](=[O])[O-].[O]=[V](=[O])[O-].[O]=[V](=[O])[O-]. The minimum atomic E-state index is -5.52. The summed E-state index contributed by atoms with van der Waals surface area (Å²) in [7, 11) is 0. The molecule has 0 amide bonds. The van der Waals surface area contributed by atoms with Gasteiger partial charge in [0.2, 0.25) is 0 Å². The minimum absolute atomic E-state index is 0. The molecule has 21 nitrogen and oxygen atoms in total. The van der Waals surface area contributed by atoms with Crippen molar-refractivity contribution in [2.45, 2.75) is 0 Å². The van der Waals surface area contributed by atoms with E-state index in [9.17, 15) is 0 Å². The van der Waals surface area contributed by atoms with Gasteiger partial charge in [-0.3, -0.25) is 0 Å². The van der Waals surface area contributed by atoms with Crippen molar-refractivity contribution < 1.29 is 174 Å². The summed E-state index contributed by atoms with van der Waals surface area (Å²) in [5.74, 6) is 0. The molecular formula is H6BiMo3O21V3. The average Bonchev–Trinajstić information content (AvgIpc) is 2.01. The Morgan fingerprint density at radius 1 is 0.429 bits per heavy atom. The summed E-state index contributed by atoms with van der Waals surface area (Å²) in [4.78, 5) is 0. The van der Waals surface area contributed by atoms with Crippen LogP contribution in [0.2, 0.25) is 0 Å². The van der Waals surface area contributed by atoms with E-state index in [2.05, 4.69) is 0 Å². The molecule has 0 fully saturated rings. The van der Waals surface area contributed by atoms with Crippen LogP contribution in [0.3, 0.4) is 0 Å². The zero-order valence-electron chi connectivity index (χ0n) is 11.8. The summed E-state index contributed by atoms with van der Waals surface area (Å²) < 4.78 is 173. The summed E-state index contributed by atoms with van der Waals surface area (Å²) in [5, 5.41) is 0. The van der Waals surface area contributed by atoms with Crippen molar-refractivity contribution in [3.05, 3.63) is 0 Å². The number of rotatable bonds is 0. The van der Waals surface area contributed by atoms with E-state index in [1.807, 2.05) is 0 Å². The molecule has 0 aliphatic heterocycles. The Balaban J connectivity index is -0.0000000377. The van der Waals surface area contributed by atoms with Crippen LogP contribution in [0.1, 0.15) is 0 Å². The van der Waals surface area contributed by atoms with Gasteiger partial charge in [0, 0.05) is 0 Å². The van der Waals surface area contributed by atoms with Crippen LogP contribution in [0.15, 0.2) is 0 Å². The summed E-state index contributed by atoms with van der Waals surface area (Å²) >= 11 is -28.4. The molecule has 0 bridgehead atoms. The van der Waals surface area contributed by atoms with E-state index in [0.29, 0.717) is 0 Å². The third-order valence-corrected chi connectivity index (χ3v) is 0. The second-order valence-electron chi connectivity index (χ2n) is 2.01. The predicted molar refractivity (Wildman–Crippen MR) is 27.3 cm³/mol. The molecule has 0 atom stereocenters. The van der Waals surface area contributed by atoms with E-state index >= 15 is 0 Å². The molecule has 0 unspecified atom stereocenters. The van der Waals surface area contributed by atoms with Gasteiger partial charge >= 0.3 is 200 Å². The van der Waals surface area contributed by atoms with Crippen molar-refractivity contribution in [2.24, 2.45) is 0 Å². The summed E-state index contributed by atoms with van der Waals surface area (Å²) in [5.41, 5.74) is 0. The van der Waals surface area contributed by atoms with E-state index in [4.69, 9.17) is 77.1 Å². The van der Waals surface area contributed by atoms with Crippen LogP contribution in [0, 0.1) is 0 Å². The van der Waals surface area contributed by atoms with Crippen LogP contribution < -0.4 is 12.1 Å². The van der Waals surface area contributed by atoms with Crippen molar-refractivity contribution in [3.63, 3.8) is 0 Å². The fourth-order valence-corrected chi connectivity index (χ4v) is 0. The van der Waals surface area contributed by atoms with Crippen LogP contribution in [0.4, 0.5) is 0 Å². The monoisotopic (exact) mass is 997 g/mol. The van der Waals surface area contributed by atoms with Crippen molar-refractivity contribution in [2.75, 3.05) is 0 Å². The molecule has 0 heterocycles. The molecular weight excluding hydrogens is 986 g/mol. The second-order valence-corrected chi connectivity index (χ2v) is 10.7. The van der Waals surface area contributed by atoms with Gasteiger partial charge < -0.3 is 0 Å². The summed E-state index contributed by atoms with van der Waals surface area (Å²) in [6, 6.07) is 0. The van der Waals surface area contributed by atoms with Crippen molar-refractivity contribution >= 4 is 26.2 Å². The summed E-state index contributed by atoms with van der Waals surface area (Å²) in [6.45, 7) is 0. The van der Waals surface area contributed by atoms with E-state index in [0.717, 1.165) is 0 Å². The molecule has 0 aromatic heterocycles. The second kappa shape index (κ2) is 27.0. The molecule has 0 saturated carbocycles. The quantitative estimate of drug-likeness (QED) is 0.123. The first-order chi connectivity index (χ1) is 11.2. The van der Waals surface area contributed by atoms with Gasteiger partial charge in [-0.1, -0.05) is 0 Å². The van der Waals surface area contributed by atoms with Gasteiger partial charge in [-0.05, 0) is 0 Å². The topological polar surface area (TPSA) is 395 Å². The Bertz CT molecular complexity index is 692. The number of hydrogen-bond donors (Lipinski definition) is 6. The van der Waals surface area contributed by atoms with Gasteiger partial charge in [-0.2, -0.15) is 0 Å². The van der Waals surface area contributed by atoms with Crippen LogP contribution in [-0.4, -0.2) is 48.8 Å². The summed E-state index contributed by atoms with van der Waals surface area (Å²) in [6.07, 6.45) is 0. The Labute approximate surface area is 197 Å². The fraction of sp³-hybridized carbons (Fsp3) is 0. The zero-order valence-corrected chi connectivity index (χ0v) is 25.5. The molecule has 0 aromatic rings. The molecule has 0 aliphatic carbocycles. The standard InChI is InChI=1S/Bi.3Mo.6H2O.15O.3V/h;;;;6*1H2;;;;;;;;;;;;;;;;;;/q+3;3*+2;;;;;;;;;;;;;;;;;;;3*-1;;;/p-6. The van der Waals surface area contributed by atoms with Crippen LogP contribution in [0.5, 0.6) is 0 Å². The maximum absolute atomic E-state index is 8.85. The molecule has 0 aliphatic rings. The molecule has 28 heteroatoms. The van der Waals surface area contributed by atoms with Crippen molar-refractivity contribution in [3.8, 4) is 0 Å². The molecule has 0 aromatic carbocycles. The van der Waals surface area contributed by atoms with E-state index in [1.54, 1.807) is 0 Å². The first kappa shape index (κ1) is 47.7. The van der Waals surface area contributed by atoms with Gasteiger partial charge in [0.1, 0.15) is 0 Å². The van der Waals surface area contributed by atoms with E-state index in [-0.39, 0.29) is 26.2 Å². The van der Waals surface area contributed by atoms with Gasteiger partial charge in [0.25, 0.3) is 0 Å². The molecule has 0 spiro atoms. The van der Waals surface area contributed by atoms with Gasteiger partial charge in [0.05, 0.1) is 0 Å². The van der Waals surface area contributed by atoms with Crippen molar-refractivity contribution in [1.82, 2.24) is 0 Å². The van der Waals surface area contributed by atoms with Crippen LogP contribution >= 0.6 is 0 Å². The first-order valence-electron chi connectivity index (χ1n) is 3.74. The third-order valence-electron chi connectivity index (χ3n) is 0. The molecule has 28 heavy (non-hydrogen) atoms. The Hall–Kier alpha value is 1.94. The molecule has 170 valence electrons. The van der Waals surface area contributed by atoms with Crippen LogP contribution in [-0.2, 0) is 139 Å². The third kappa shape index (κ3) is 5380.